The number of piperidine rings is 1. The third-order valence-electron chi connectivity index (χ3n) is 4.27. The topological polar surface area (TPSA) is 30.9 Å². The molecule has 22 heavy (non-hydrogen) atoms. The van der Waals surface area contributed by atoms with Crippen molar-refractivity contribution >= 4 is 5.96 Å². The van der Waals surface area contributed by atoms with Crippen LogP contribution in [0.4, 0.5) is 0 Å². The average Bonchev–Trinajstić information content (AvgIpc) is 2.53. The number of nitrogens with one attached hydrogen (secondary N) is 1. The predicted octanol–water partition coefficient (Wildman–Crippen LogP) is 2.43. The molecular weight excluding hydrogens is 272 g/mol. The molecule has 0 atom stereocenters. The van der Waals surface area contributed by atoms with Crippen molar-refractivity contribution in [1.82, 2.24) is 15.1 Å². The number of rotatable bonds is 5. The molecular formula is C18H30N4. The first-order chi connectivity index (χ1) is 10.6. The summed E-state index contributed by atoms with van der Waals surface area (Å²) in [6, 6.07) is 10.4. The number of hydrogen-bond donors (Lipinski definition) is 1. The van der Waals surface area contributed by atoms with Gasteiger partial charge < -0.3 is 15.1 Å². The maximum atomic E-state index is 4.70. The molecule has 0 unspecified atom stereocenters. The van der Waals surface area contributed by atoms with Crippen LogP contribution in [0.25, 0.3) is 0 Å². The van der Waals surface area contributed by atoms with E-state index in [9.17, 15) is 0 Å². The van der Waals surface area contributed by atoms with Gasteiger partial charge in [0.25, 0.3) is 0 Å². The summed E-state index contributed by atoms with van der Waals surface area (Å²) < 4.78 is 0. The van der Waals surface area contributed by atoms with Crippen molar-refractivity contribution in [1.29, 1.82) is 0 Å². The Morgan fingerprint density at radius 1 is 1.23 bits per heavy atom. The second-order valence-corrected chi connectivity index (χ2v) is 6.47. The summed E-state index contributed by atoms with van der Waals surface area (Å²) in [6.07, 6.45) is 2.67. The fourth-order valence-corrected chi connectivity index (χ4v) is 2.72. The SMILES string of the molecule is CC1CCN(CCNC(=NCc2ccccc2)N(C)C)CC1. The van der Waals surface area contributed by atoms with Crippen LogP contribution in [0.1, 0.15) is 25.3 Å². The molecule has 1 heterocycles. The Morgan fingerprint density at radius 3 is 2.55 bits per heavy atom. The average molecular weight is 302 g/mol. The van der Waals surface area contributed by atoms with Crippen molar-refractivity contribution in [3.63, 3.8) is 0 Å². The standard InChI is InChI=1S/C18H30N4/c1-16-9-12-22(13-10-16)14-11-19-18(21(2)3)20-15-17-7-5-4-6-8-17/h4-8,16H,9-15H2,1-3H3,(H,19,20). The van der Waals surface area contributed by atoms with Crippen LogP contribution in [0.15, 0.2) is 35.3 Å². The molecule has 0 aromatic heterocycles. The number of benzene rings is 1. The van der Waals surface area contributed by atoms with E-state index in [1.54, 1.807) is 0 Å². The Bertz CT molecular complexity index is 447. The molecule has 1 aromatic carbocycles. The lowest BCUT2D eigenvalue weighted by Gasteiger charge is -2.30. The predicted molar refractivity (Wildman–Crippen MR) is 94.1 cm³/mol. The summed E-state index contributed by atoms with van der Waals surface area (Å²) in [4.78, 5) is 9.31. The second kappa shape index (κ2) is 8.79. The van der Waals surface area contributed by atoms with Gasteiger partial charge in [-0.15, -0.1) is 0 Å². The van der Waals surface area contributed by atoms with Gasteiger partial charge in [-0.25, -0.2) is 4.99 Å². The molecule has 4 nitrogen and oxygen atoms in total. The molecule has 1 aromatic rings. The molecule has 0 aliphatic carbocycles. The third kappa shape index (κ3) is 5.68. The maximum absolute atomic E-state index is 4.70. The van der Waals surface area contributed by atoms with Gasteiger partial charge in [0.1, 0.15) is 0 Å². The summed E-state index contributed by atoms with van der Waals surface area (Å²) in [7, 11) is 4.08. The lowest BCUT2D eigenvalue weighted by atomic mass is 9.99. The monoisotopic (exact) mass is 302 g/mol. The van der Waals surface area contributed by atoms with Crippen molar-refractivity contribution in [2.45, 2.75) is 26.3 Å². The minimum absolute atomic E-state index is 0.725. The van der Waals surface area contributed by atoms with Gasteiger partial charge in [0.05, 0.1) is 6.54 Å². The molecule has 1 aliphatic heterocycles. The molecule has 1 N–H and O–H groups in total. The van der Waals surface area contributed by atoms with Crippen molar-refractivity contribution in [3.05, 3.63) is 35.9 Å². The van der Waals surface area contributed by atoms with Gasteiger partial charge in [0.15, 0.2) is 5.96 Å². The van der Waals surface area contributed by atoms with Crippen molar-refractivity contribution in [3.8, 4) is 0 Å². The fourth-order valence-electron chi connectivity index (χ4n) is 2.72. The van der Waals surface area contributed by atoms with Crippen LogP contribution in [0.2, 0.25) is 0 Å². The lowest BCUT2D eigenvalue weighted by molar-refractivity contribution is 0.195. The Labute approximate surface area is 135 Å². The number of nitrogens with zero attached hydrogens (tertiary/aromatic N) is 3. The summed E-state index contributed by atoms with van der Waals surface area (Å²) in [5.74, 6) is 1.86. The van der Waals surface area contributed by atoms with Gasteiger partial charge in [-0.2, -0.15) is 0 Å². The minimum atomic E-state index is 0.725. The lowest BCUT2D eigenvalue weighted by Crippen LogP contribution is -2.42. The van der Waals surface area contributed by atoms with Crippen LogP contribution in [0.5, 0.6) is 0 Å². The van der Waals surface area contributed by atoms with E-state index >= 15 is 0 Å². The number of hydrogen-bond acceptors (Lipinski definition) is 2. The highest BCUT2D eigenvalue weighted by Gasteiger charge is 2.15. The highest BCUT2D eigenvalue weighted by atomic mass is 15.3. The van der Waals surface area contributed by atoms with Crippen LogP contribution in [-0.2, 0) is 6.54 Å². The molecule has 0 bridgehead atoms. The van der Waals surface area contributed by atoms with Gasteiger partial charge in [-0.1, -0.05) is 37.3 Å². The van der Waals surface area contributed by atoms with Crippen LogP contribution in [0, 0.1) is 5.92 Å². The highest BCUT2D eigenvalue weighted by Crippen LogP contribution is 2.15. The van der Waals surface area contributed by atoms with Crippen molar-refractivity contribution in [2.75, 3.05) is 40.3 Å². The van der Waals surface area contributed by atoms with Gasteiger partial charge in [0.2, 0.25) is 0 Å². The Balaban J connectivity index is 1.76. The van der Waals surface area contributed by atoms with E-state index in [1.165, 1.54) is 31.5 Å². The summed E-state index contributed by atoms with van der Waals surface area (Å²) >= 11 is 0. The first-order valence-electron chi connectivity index (χ1n) is 8.37. The van der Waals surface area contributed by atoms with Gasteiger partial charge in [-0.3, -0.25) is 0 Å². The largest absolute Gasteiger partial charge is 0.355 e. The Morgan fingerprint density at radius 2 is 1.91 bits per heavy atom. The molecule has 2 rings (SSSR count). The summed E-state index contributed by atoms with van der Waals surface area (Å²) in [5, 5.41) is 3.48. The molecule has 0 saturated carbocycles. The van der Waals surface area contributed by atoms with Gasteiger partial charge in [0, 0.05) is 27.2 Å². The fraction of sp³-hybridized carbons (Fsp3) is 0.611. The molecule has 122 valence electrons. The summed E-state index contributed by atoms with van der Waals surface area (Å²) in [6.45, 7) is 7.62. The third-order valence-corrected chi connectivity index (χ3v) is 4.27. The van der Waals surface area contributed by atoms with Crippen molar-refractivity contribution < 1.29 is 0 Å². The van der Waals surface area contributed by atoms with E-state index in [0.717, 1.165) is 31.5 Å². The minimum Gasteiger partial charge on any atom is -0.355 e. The Hall–Kier alpha value is -1.55. The first-order valence-corrected chi connectivity index (χ1v) is 8.37. The smallest absolute Gasteiger partial charge is 0.193 e. The molecule has 1 fully saturated rings. The van der Waals surface area contributed by atoms with E-state index in [1.807, 2.05) is 20.2 Å². The zero-order chi connectivity index (χ0) is 15.8. The zero-order valence-corrected chi connectivity index (χ0v) is 14.3. The van der Waals surface area contributed by atoms with Crippen LogP contribution in [-0.4, -0.2) is 56.0 Å². The van der Waals surface area contributed by atoms with Gasteiger partial charge >= 0.3 is 0 Å². The van der Waals surface area contributed by atoms with Gasteiger partial charge in [-0.05, 0) is 37.4 Å². The first kappa shape index (κ1) is 16.8. The molecule has 0 spiro atoms. The molecule has 0 amide bonds. The molecule has 0 radical (unpaired) electrons. The molecule has 1 aliphatic rings. The van der Waals surface area contributed by atoms with Crippen molar-refractivity contribution in [2.24, 2.45) is 10.9 Å². The van der Waals surface area contributed by atoms with Crippen LogP contribution >= 0.6 is 0 Å². The number of guanidine groups is 1. The normalized spacial score (nSPS) is 17.5. The van der Waals surface area contributed by atoms with E-state index in [4.69, 9.17) is 4.99 Å². The Kier molecular flexibility index (Phi) is 6.72. The number of aliphatic imine (C=N–C) groups is 1. The second-order valence-electron chi connectivity index (χ2n) is 6.47. The van der Waals surface area contributed by atoms with E-state index in [0.29, 0.717) is 0 Å². The highest BCUT2D eigenvalue weighted by molar-refractivity contribution is 5.79. The maximum Gasteiger partial charge on any atom is 0.193 e. The molecule has 4 heteroatoms. The quantitative estimate of drug-likeness (QED) is 0.669. The molecule has 1 saturated heterocycles. The van der Waals surface area contributed by atoms with E-state index in [2.05, 4.69) is 46.3 Å². The van der Waals surface area contributed by atoms with E-state index in [-0.39, 0.29) is 0 Å². The number of likely N-dealkylation sites (tertiary alicyclic amines) is 1. The summed E-state index contributed by atoms with van der Waals surface area (Å²) in [5.41, 5.74) is 1.24. The van der Waals surface area contributed by atoms with E-state index < -0.39 is 0 Å². The van der Waals surface area contributed by atoms with Crippen LogP contribution < -0.4 is 5.32 Å². The zero-order valence-electron chi connectivity index (χ0n) is 14.3. The van der Waals surface area contributed by atoms with Crippen LogP contribution in [0.3, 0.4) is 0 Å².